The van der Waals surface area contributed by atoms with Crippen LogP contribution in [0.5, 0.6) is 0 Å². The number of amides is 2. The maximum atomic E-state index is 12.6. The van der Waals surface area contributed by atoms with Gasteiger partial charge in [0.05, 0.1) is 30.0 Å². The largest absolute Gasteiger partial charge is 0.452 e. The third-order valence-electron chi connectivity index (χ3n) is 5.13. The predicted octanol–water partition coefficient (Wildman–Crippen LogP) is 2.97. The van der Waals surface area contributed by atoms with Crippen LogP contribution in [0, 0.1) is 0 Å². The van der Waals surface area contributed by atoms with Gasteiger partial charge in [0.25, 0.3) is 11.8 Å². The van der Waals surface area contributed by atoms with E-state index in [0.29, 0.717) is 24.6 Å². The highest BCUT2D eigenvalue weighted by Crippen LogP contribution is 2.18. The molecule has 3 aromatic rings. The molecule has 34 heavy (non-hydrogen) atoms. The SMILES string of the molecule is O=C(COC(=O)c1ccc(N2CCOCC2)nc1)Nc1ccccc1C(=O)Nc1ccccc1. The lowest BCUT2D eigenvalue weighted by Crippen LogP contribution is -2.36. The molecule has 2 N–H and O–H groups in total. The minimum atomic E-state index is -0.661. The molecular formula is C25H24N4O5. The second kappa shape index (κ2) is 11.1. The fraction of sp³-hybridized carbons (Fsp3) is 0.200. The molecule has 2 aromatic carbocycles. The number of benzene rings is 2. The van der Waals surface area contributed by atoms with Crippen LogP contribution >= 0.6 is 0 Å². The lowest BCUT2D eigenvalue weighted by Gasteiger charge is -2.27. The van der Waals surface area contributed by atoms with Gasteiger partial charge in [-0.15, -0.1) is 0 Å². The van der Waals surface area contributed by atoms with Crippen LogP contribution in [-0.4, -0.2) is 55.7 Å². The van der Waals surface area contributed by atoms with Gasteiger partial charge in [-0.3, -0.25) is 9.59 Å². The average molecular weight is 460 g/mol. The first kappa shape index (κ1) is 22.9. The van der Waals surface area contributed by atoms with Gasteiger partial charge in [0.1, 0.15) is 5.82 Å². The molecule has 1 fully saturated rings. The zero-order valence-corrected chi connectivity index (χ0v) is 18.4. The lowest BCUT2D eigenvalue weighted by atomic mass is 10.1. The van der Waals surface area contributed by atoms with Crippen LogP contribution in [0.2, 0.25) is 0 Å². The van der Waals surface area contributed by atoms with Crippen molar-refractivity contribution in [2.24, 2.45) is 0 Å². The van der Waals surface area contributed by atoms with E-state index in [1.54, 1.807) is 48.5 Å². The number of aromatic nitrogens is 1. The summed E-state index contributed by atoms with van der Waals surface area (Å²) < 4.78 is 10.4. The first-order chi connectivity index (χ1) is 16.6. The molecule has 0 radical (unpaired) electrons. The average Bonchev–Trinajstić information content (AvgIpc) is 2.89. The Balaban J connectivity index is 1.31. The number of morpholine rings is 1. The second-order valence-corrected chi connectivity index (χ2v) is 7.49. The molecule has 4 rings (SSSR count). The zero-order chi connectivity index (χ0) is 23.8. The van der Waals surface area contributed by atoms with Crippen molar-refractivity contribution in [3.05, 3.63) is 84.1 Å². The summed E-state index contributed by atoms with van der Waals surface area (Å²) in [5.41, 5.74) is 1.48. The molecule has 0 unspecified atom stereocenters. The molecule has 1 saturated heterocycles. The summed E-state index contributed by atoms with van der Waals surface area (Å²) in [5, 5.41) is 5.40. The number of carbonyl (C=O) groups excluding carboxylic acids is 3. The quantitative estimate of drug-likeness (QED) is 0.522. The monoisotopic (exact) mass is 460 g/mol. The molecule has 0 saturated carbocycles. The Hall–Kier alpha value is -4.24. The predicted molar refractivity (Wildman–Crippen MR) is 127 cm³/mol. The van der Waals surface area contributed by atoms with Gasteiger partial charge < -0.3 is 25.0 Å². The Morgan fingerprint density at radius 1 is 0.912 bits per heavy atom. The number of ether oxygens (including phenoxy) is 2. The molecule has 2 heterocycles. The number of nitrogens with zero attached hydrogens (tertiary/aromatic N) is 2. The van der Waals surface area contributed by atoms with Crippen molar-refractivity contribution >= 4 is 35.0 Å². The molecule has 0 spiro atoms. The normalized spacial score (nSPS) is 13.1. The molecule has 1 aliphatic rings. The van der Waals surface area contributed by atoms with Crippen molar-refractivity contribution in [2.45, 2.75) is 0 Å². The maximum absolute atomic E-state index is 12.6. The number of nitrogens with one attached hydrogen (secondary N) is 2. The van der Waals surface area contributed by atoms with Gasteiger partial charge in [-0.05, 0) is 36.4 Å². The van der Waals surface area contributed by atoms with Crippen molar-refractivity contribution in [3.8, 4) is 0 Å². The first-order valence-electron chi connectivity index (χ1n) is 10.8. The van der Waals surface area contributed by atoms with Gasteiger partial charge in [0.2, 0.25) is 0 Å². The van der Waals surface area contributed by atoms with E-state index in [9.17, 15) is 14.4 Å². The molecule has 1 aromatic heterocycles. The maximum Gasteiger partial charge on any atom is 0.340 e. The molecule has 0 bridgehead atoms. The van der Waals surface area contributed by atoms with Gasteiger partial charge >= 0.3 is 5.97 Å². The zero-order valence-electron chi connectivity index (χ0n) is 18.4. The third-order valence-corrected chi connectivity index (χ3v) is 5.13. The van der Waals surface area contributed by atoms with E-state index in [-0.39, 0.29) is 17.0 Å². The van der Waals surface area contributed by atoms with Crippen LogP contribution in [0.15, 0.2) is 72.9 Å². The van der Waals surface area contributed by atoms with E-state index in [1.807, 2.05) is 18.2 Å². The molecule has 9 heteroatoms. The molecular weight excluding hydrogens is 436 g/mol. The van der Waals surface area contributed by atoms with Crippen molar-refractivity contribution in [1.82, 2.24) is 4.98 Å². The van der Waals surface area contributed by atoms with Gasteiger partial charge in [0, 0.05) is 25.0 Å². The van der Waals surface area contributed by atoms with Crippen molar-refractivity contribution < 1.29 is 23.9 Å². The molecule has 9 nitrogen and oxygen atoms in total. The summed E-state index contributed by atoms with van der Waals surface area (Å²) in [5.74, 6) is -0.842. The smallest absolute Gasteiger partial charge is 0.340 e. The number of pyridine rings is 1. The minimum Gasteiger partial charge on any atom is -0.452 e. The number of carbonyl (C=O) groups is 3. The first-order valence-corrected chi connectivity index (χ1v) is 10.8. The Labute approximate surface area is 196 Å². The van der Waals surface area contributed by atoms with Gasteiger partial charge in [-0.1, -0.05) is 30.3 Å². The van der Waals surface area contributed by atoms with E-state index >= 15 is 0 Å². The highest BCUT2D eigenvalue weighted by molar-refractivity contribution is 6.10. The molecule has 174 valence electrons. The number of hydrogen-bond acceptors (Lipinski definition) is 7. The molecule has 0 atom stereocenters. The standard InChI is InChI=1S/C25H24N4O5/c30-23(17-34-25(32)18-10-11-22(26-16-18)29-12-14-33-15-13-29)28-21-9-5-4-8-20(21)24(31)27-19-6-2-1-3-7-19/h1-11,16H,12-15,17H2,(H,27,31)(H,28,30). The summed E-state index contributed by atoms with van der Waals surface area (Å²) in [7, 11) is 0. The van der Waals surface area contributed by atoms with Crippen LogP contribution in [-0.2, 0) is 14.3 Å². The number of rotatable bonds is 7. The Kier molecular flexibility index (Phi) is 7.46. The lowest BCUT2D eigenvalue weighted by molar-refractivity contribution is -0.119. The highest BCUT2D eigenvalue weighted by Gasteiger charge is 2.17. The molecule has 1 aliphatic heterocycles. The van der Waals surface area contributed by atoms with E-state index < -0.39 is 18.5 Å². The van der Waals surface area contributed by atoms with Crippen molar-refractivity contribution in [1.29, 1.82) is 0 Å². The van der Waals surface area contributed by atoms with E-state index in [2.05, 4.69) is 20.5 Å². The molecule has 2 amide bonds. The van der Waals surface area contributed by atoms with Crippen LogP contribution in [0.4, 0.5) is 17.2 Å². The van der Waals surface area contributed by atoms with Crippen LogP contribution in [0.25, 0.3) is 0 Å². The number of hydrogen-bond donors (Lipinski definition) is 2. The van der Waals surface area contributed by atoms with E-state index in [4.69, 9.17) is 9.47 Å². The van der Waals surface area contributed by atoms with Crippen LogP contribution in [0.1, 0.15) is 20.7 Å². The van der Waals surface area contributed by atoms with Crippen LogP contribution < -0.4 is 15.5 Å². The summed E-state index contributed by atoms with van der Waals surface area (Å²) in [6.07, 6.45) is 1.42. The third kappa shape index (κ3) is 5.96. The van der Waals surface area contributed by atoms with Gasteiger partial charge in [-0.25, -0.2) is 9.78 Å². The van der Waals surface area contributed by atoms with Crippen molar-refractivity contribution in [2.75, 3.05) is 48.4 Å². The minimum absolute atomic E-state index is 0.243. The second-order valence-electron chi connectivity index (χ2n) is 7.49. The van der Waals surface area contributed by atoms with Gasteiger partial charge in [0.15, 0.2) is 6.61 Å². The number of anilines is 3. The Morgan fingerprint density at radius 2 is 1.65 bits per heavy atom. The Bertz CT molecular complexity index is 1150. The highest BCUT2D eigenvalue weighted by atomic mass is 16.5. The summed E-state index contributed by atoms with van der Waals surface area (Å²) in [4.78, 5) is 43.7. The van der Waals surface area contributed by atoms with Crippen molar-refractivity contribution in [3.63, 3.8) is 0 Å². The summed E-state index contributed by atoms with van der Waals surface area (Å²) in [6.45, 7) is 2.25. The van der Waals surface area contributed by atoms with E-state index in [1.165, 1.54) is 6.20 Å². The topological polar surface area (TPSA) is 110 Å². The van der Waals surface area contributed by atoms with Gasteiger partial charge in [-0.2, -0.15) is 0 Å². The van der Waals surface area contributed by atoms with Crippen LogP contribution in [0.3, 0.4) is 0 Å². The summed E-state index contributed by atoms with van der Waals surface area (Å²) in [6, 6.07) is 18.9. The van der Waals surface area contributed by atoms with E-state index in [0.717, 1.165) is 18.9 Å². The fourth-order valence-corrected chi connectivity index (χ4v) is 3.40. The summed E-state index contributed by atoms with van der Waals surface area (Å²) >= 11 is 0. The Morgan fingerprint density at radius 3 is 2.38 bits per heavy atom. The fourth-order valence-electron chi connectivity index (χ4n) is 3.40. The molecule has 0 aliphatic carbocycles. The number of para-hydroxylation sites is 2. The number of esters is 1.